The number of hydrogen-bond donors (Lipinski definition) is 1. The fourth-order valence-electron chi connectivity index (χ4n) is 1.96. The van der Waals surface area contributed by atoms with Crippen LogP contribution in [0.1, 0.15) is 50.5 Å². The number of carbonyl (C=O) groups excluding carboxylic acids is 1. The van der Waals surface area contributed by atoms with Gasteiger partial charge in [-0.15, -0.1) is 0 Å². The van der Waals surface area contributed by atoms with Crippen molar-refractivity contribution in [2.75, 3.05) is 7.05 Å². The van der Waals surface area contributed by atoms with E-state index in [1.807, 2.05) is 34.6 Å². The van der Waals surface area contributed by atoms with Gasteiger partial charge in [-0.25, -0.2) is 9.59 Å². The van der Waals surface area contributed by atoms with E-state index in [9.17, 15) is 9.59 Å². The van der Waals surface area contributed by atoms with Gasteiger partial charge in [-0.2, -0.15) is 0 Å². The summed E-state index contributed by atoms with van der Waals surface area (Å²) in [5.41, 5.74) is 0.227. The van der Waals surface area contributed by atoms with Crippen LogP contribution in [0.5, 0.6) is 0 Å². The van der Waals surface area contributed by atoms with Gasteiger partial charge in [0.25, 0.3) is 0 Å². The fraction of sp³-hybridized carbons (Fsp3) is 0.529. The van der Waals surface area contributed by atoms with Crippen LogP contribution in [-0.4, -0.2) is 40.3 Å². The standard InChI is InChI=1S/C17H25NO4/c1-16(2,3)22-15(21)18(6)17(4,5)11-12-7-9-13(10-8-12)14(19)20/h7-10H,11H2,1-6H3,(H,19,20). The number of amides is 1. The Morgan fingerprint density at radius 2 is 1.59 bits per heavy atom. The summed E-state index contributed by atoms with van der Waals surface area (Å²) in [7, 11) is 1.71. The van der Waals surface area contributed by atoms with Crippen molar-refractivity contribution >= 4 is 12.1 Å². The van der Waals surface area contributed by atoms with E-state index >= 15 is 0 Å². The first kappa shape index (κ1) is 18.0. The largest absolute Gasteiger partial charge is 0.478 e. The second kappa shape index (κ2) is 6.38. The average Bonchev–Trinajstić information content (AvgIpc) is 2.35. The summed E-state index contributed by atoms with van der Waals surface area (Å²) in [5, 5.41) is 8.91. The Bertz CT molecular complexity index is 541. The molecule has 5 nitrogen and oxygen atoms in total. The molecule has 1 amide bonds. The summed E-state index contributed by atoms with van der Waals surface area (Å²) in [6.45, 7) is 9.38. The maximum Gasteiger partial charge on any atom is 0.410 e. The van der Waals surface area contributed by atoms with Gasteiger partial charge in [0.1, 0.15) is 5.60 Å². The van der Waals surface area contributed by atoms with Crippen molar-refractivity contribution in [2.45, 2.75) is 52.2 Å². The minimum atomic E-state index is -0.948. The van der Waals surface area contributed by atoms with Crippen molar-refractivity contribution in [1.82, 2.24) is 4.90 Å². The highest BCUT2D eigenvalue weighted by Crippen LogP contribution is 2.22. The van der Waals surface area contributed by atoms with Crippen LogP contribution in [0.4, 0.5) is 4.79 Å². The van der Waals surface area contributed by atoms with Crippen LogP contribution in [0.2, 0.25) is 0 Å². The van der Waals surface area contributed by atoms with Gasteiger partial charge >= 0.3 is 12.1 Å². The highest BCUT2D eigenvalue weighted by Gasteiger charge is 2.31. The molecule has 122 valence electrons. The van der Waals surface area contributed by atoms with Gasteiger partial charge in [-0.1, -0.05) is 12.1 Å². The predicted octanol–water partition coefficient (Wildman–Crippen LogP) is 3.57. The number of aromatic carboxylic acids is 1. The lowest BCUT2D eigenvalue weighted by molar-refractivity contribution is 0.0112. The highest BCUT2D eigenvalue weighted by molar-refractivity contribution is 5.87. The topological polar surface area (TPSA) is 66.8 Å². The minimum Gasteiger partial charge on any atom is -0.478 e. The summed E-state index contributed by atoms with van der Waals surface area (Å²) in [6.07, 6.45) is 0.225. The van der Waals surface area contributed by atoms with Gasteiger partial charge < -0.3 is 14.7 Å². The molecule has 22 heavy (non-hydrogen) atoms. The average molecular weight is 307 g/mol. The van der Waals surface area contributed by atoms with Crippen LogP contribution in [-0.2, 0) is 11.2 Å². The second-order valence-electron chi connectivity index (χ2n) is 7.03. The van der Waals surface area contributed by atoms with Crippen LogP contribution >= 0.6 is 0 Å². The zero-order chi connectivity index (χ0) is 17.1. The van der Waals surface area contributed by atoms with Gasteiger partial charge in [0, 0.05) is 12.6 Å². The van der Waals surface area contributed by atoms with E-state index in [1.54, 1.807) is 36.2 Å². The van der Waals surface area contributed by atoms with Gasteiger partial charge in [0.2, 0.25) is 0 Å². The molecule has 0 saturated heterocycles. The smallest absolute Gasteiger partial charge is 0.410 e. The van der Waals surface area contributed by atoms with E-state index in [-0.39, 0.29) is 11.7 Å². The Morgan fingerprint density at radius 3 is 2.00 bits per heavy atom. The molecule has 1 aromatic carbocycles. The lowest BCUT2D eigenvalue weighted by Gasteiger charge is -2.36. The molecule has 0 aliphatic rings. The molecule has 0 aliphatic carbocycles. The number of carboxylic acids is 1. The van der Waals surface area contributed by atoms with Crippen LogP contribution in [0.3, 0.4) is 0 Å². The highest BCUT2D eigenvalue weighted by atomic mass is 16.6. The lowest BCUT2D eigenvalue weighted by Crippen LogP contribution is -2.48. The van der Waals surface area contributed by atoms with Crippen LogP contribution in [0.25, 0.3) is 0 Å². The van der Waals surface area contributed by atoms with Gasteiger partial charge in [-0.05, 0) is 58.7 Å². The fourth-order valence-corrected chi connectivity index (χ4v) is 1.96. The number of ether oxygens (including phenoxy) is 1. The molecule has 1 N–H and O–H groups in total. The molecule has 0 aliphatic heterocycles. The zero-order valence-corrected chi connectivity index (χ0v) is 14.1. The maximum atomic E-state index is 12.2. The van der Waals surface area contributed by atoms with Gasteiger partial charge in [-0.3, -0.25) is 0 Å². The summed E-state index contributed by atoms with van der Waals surface area (Å²) in [5.74, 6) is -0.948. The molecular weight excluding hydrogens is 282 g/mol. The predicted molar refractivity (Wildman–Crippen MR) is 85.2 cm³/mol. The van der Waals surface area contributed by atoms with E-state index in [0.717, 1.165) is 5.56 Å². The van der Waals surface area contributed by atoms with Crippen LogP contribution in [0, 0.1) is 0 Å². The molecule has 0 aromatic heterocycles. The van der Waals surface area contributed by atoms with E-state index < -0.39 is 17.1 Å². The van der Waals surface area contributed by atoms with Crippen molar-refractivity contribution in [2.24, 2.45) is 0 Å². The number of benzene rings is 1. The number of rotatable bonds is 4. The first-order valence-corrected chi connectivity index (χ1v) is 7.21. The molecule has 0 bridgehead atoms. The van der Waals surface area contributed by atoms with Gasteiger partial charge in [0.05, 0.1) is 5.56 Å². The molecule has 0 saturated carbocycles. The third-order valence-corrected chi connectivity index (χ3v) is 3.41. The SMILES string of the molecule is CN(C(=O)OC(C)(C)C)C(C)(C)Cc1ccc(C(=O)O)cc1. The Kier molecular flexibility index (Phi) is 5.22. The Balaban J connectivity index is 2.81. The number of carbonyl (C=O) groups is 2. The Hall–Kier alpha value is -2.04. The van der Waals surface area contributed by atoms with Crippen LogP contribution < -0.4 is 0 Å². The van der Waals surface area contributed by atoms with Crippen molar-refractivity contribution in [3.63, 3.8) is 0 Å². The zero-order valence-electron chi connectivity index (χ0n) is 14.1. The third-order valence-electron chi connectivity index (χ3n) is 3.41. The molecule has 5 heteroatoms. The normalized spacial score (nSPS) is 11.9. The summed E-state index contributed by atoms with van der Waals surface area (Å²) >= 11 is 0. The minimum absolute atomic E-state index is 0.252. The van der Waals surface area contributed by atoms with Crippen LogP contribution in [0.15, 0.2) is 24.3 Å². The second-order valence-corrected chi connectivity index (χ2v) is 7.03. The number of hydrogen-bond acceptors (Lipinski definition) is 3. The molecule has 0 radical (unpaired) electrons. The van der Waals surface area contributed by atoms with E-state index in [2.05, 4.69) is 0 Å². The van der Waals surface area contributed by atoms with E-state index in [0.29, 0.717) is 6.42 Å². The maximum absolute atomic E-state index is 12.2. The van der Waals surface area contributed by atoms with E-state index in [1.165, 1.54) is 0 Å². The van der Waals surface area contributed by atoms with Gasteiger partial charge in [0.15, 0.2) is 0 Å². The van der Waals surface area contributed by atoms with Crippen molar-refractivity contribution in [3.05, 3.63) is 35.4 Å². The Labute approximate surface area is 131 Å². The van der Waals surface area contributed by atoms with Crippen molar-refractivity contribution in [3.8, 4) is 0 Å². The molecule has 1 aromatic rings. The summed E-state index contributed by atoms with van der Waals surface area (Å²) in [4.78, 5) is 24.6. The van der Waals surface area contributed by atoms with E-state index in [4.69, 9.17) is 9.84 Å². The third kappa shape index (κ3) is 5.06. The monoisotopic (exact) mass is 307 g/mol. The lowest BCUT2D eigenvalue weighted by atomic mass is 9.93. The number of nitrogens with zero attached hydrogens (tertiary/aromatic N) is 1. The number of likely N-dealkylation sites (N-methyl/N-ethyl adjacent to an activating group) is 1. The van der Waals surface area contributed by atoms with Crippen molar-refractivity contribution in [1.29, 1.82) is 0 Å². The van der Waals surface area contributed by atoms with Crippen molar-refractivity contribution < 1.29 is 19.4 Å². The molecule has 0 unspecified atom stereocenters. The molecule has 1 rings (SSSR count). The Morgan fingerprint density at radius 1 is 1.09 bits per heavy atom. The number of carboxylic acid groups (broad SMARTS) is 1. The first-order valence-electron chi connectivity index (χ1n) is 7.21. The molecule has 0 atom stereocenters. The summed E-state index contributed by atoms with van der Waals surface area (Å²) < 4.78 is 5.38. The molecular formula is C17H25NO4. The first-order chi connectivity index (χ1) is 9.92. The molecule has 0 spiro atoms. The molecule has 0 heterocycles. The molecule has 0 fully saturated rings. The summed E-state index contributed by atoms with van der Waals surface area (Å²) in [6, 6.07) is 6.69. The quantitative estimate of drug-likeness (QED) is 0.923.